The number of nitrogens with zero attached hydrogens (tertiary/aromatic N) is 1. The Bertz CT molecular complexity index is 307. The van der Waals surface area contributed by atoms with E-state index >= 15 is 0 Å². The maximum atomic E-state index is 12.0. The first kappa shape index (κ1) is 18.1. The molecule has 2 atom stereocenters. The maximum absolute atomic E-state index is 12.0. The number of amides is 2. The molecule has 7 heteroatoms. The molecule has 1 aliphatic rings. The van der Waals surface area contributed by atoms with Crippen molar-refractivity contribution in [3.05, 3.63) is 0 Å². The highest BCUT2D eigenvalue weighted by molar-refractivity contribution is 5.89. The van der Waals surface area contributed by atoms with E-state index in [2.05, 4.69) is 5.32 Å². The van der Waals surface area contributed by atoms with Crippen molar-refractivity contribution in [3.63, 3.8) is 0 Å². The van der Waals surface area contributed by atoms with Crippen LogP contribution in [0.3, 0.4) is 0 Å². The normalized spacial score (nSPS) is 18.5. The van der Waals surface area contributed by atoms with Crippen LogP contribution in [0, 0.1) is 5.92 Å². The Hall–Kier alpha value is -0.850. The number of nitrogens with one attached hydrogen (secondary N) is 1. The third-order valence-electron chi connectivity index (χ3n) is 3.07. The molecule has 1 fully saturated rings. The van der Waals surface area contributed by atoms with Crippen molar-refractivity contribution in [1.82, 2.24) is 10.2 Å². The minimum atomic E-state index is -0.579. The lowest BCUT2D eigenvalue weighted by molar-refractivity contribution is -0.139. The average Bonchev–Trinajstić information content (AvgIpc) is 2.37. The van der Waals surface area contributed by atoms with Crippen molar-refractivity contribution >= 4 is 24.2 Å². The van der Waals surface area contributed by atoms with Crippen LogP contribution in [-0.4, -0.2) is 55.1 Å². The summed E-state index contributed by atoms with van der Waals surface area (Å²) in [6, 6.07) is -1.12. The first-order chi connectivity index (χ1) is 8.43. The summed E-state index contributed by atoms with van der Waals surface area (Å²) in [6.07, 6.45) is 0. The third-order valence-corrected chi connectivity index (χ3v) is 3.07. The van der Waals surface area contributed by atoms with Crippen LogP contribution in [0.4, 0.5) is 0 Å². The van der Waals surface area contributed by atoms with E-state index in [1.165, 1.54) is 0 Å². The Kier molecular flexibility index (Phi) is 7.97. The van der Waals surface area contributed by atoms with Crippen molar-refractivity contribution in [3.8, 4) is 0 Å². The van der Waals surface area contributed by atoms with E-state index in [0.29, 0.717) is 26.3 Å². The lowest BCUT2D eigenvalue weighted by atomic mass is 10.0. The first-order valence-electron chi connectivity index (χ1n) is 6.36. The van der Waals surface area contributed by atoms with Crippen LogP contribution in [0.2, 0.25) is 0 Å². The molecule has 0 aliphatic carbocycles. The number of morpholine rings is 1. The Labute approximate surface area is 120 Å². The lowest BCUT2D eigenvalue weighted by Crippen LogP contribution is -2.54. The van der Waals surface area contributed by atoms with Crippen molar-refractivity contribution in [2.75, 3.05) is 26.3 Å². The number of carbonyl (C=O) groups excluding carboxylic acids is 2. The summed E-state index contributed by atoms with van der Waals surface area (Å²) < 4.78 is 5.18. The first-order valence-corrected chi connectivity index (χ1v) is 6.36. The summed E-state index contributed by atoms with van der Waals surface area (Å²) in [5, 5.41) is 2.66. The molecule has 0 aromatic carbocycles. The Morgan fingerprint density at radius 3 is 2.21 bits per heavy atom. The van der Waals surface area contributed by atoms with Gasteiger partial charge in [0.2, 0.25) is 11.8 Å². The second-order valence-electron chi connectivity index (χ2n) is 4.94. The number of hydrogen-bond acceptors (Lipinski definition) is 4. The van der Waals surface area contributed by atoms with E-state index in [4.69, 9.17) is 10.5 Å². The summed E-state index contributed by atoms with van der Waals surface area (Å²) in [4.78, 5) is 25.5. The van der Waals surface area contributed by atoms with Gasteiger partial charge in [-0.25, -0.2) is 0 Å². The smallest absolute Gasteiger partial charge is 0.245 e. The van der Waals surface area contributed by atoms with Crippen LogP contribution in [0.1, 0.15) is 20.8 Å². The predicted octanol–water partition coefficient (Wildman–Crippen LogP) is -0.245. The molecule has 0 radical (unpaired) electrons. The quantitative estimate of drug-likeness (QED) is 0.749. The van der Waals surface area contributed by atoms with Gasteiger partial charge in [0, 0.05) is 13.1 Å². The second-order valence-corrected chi connectivity index (χ2v) is 4.94. The van der Waals surface area contributed by atoms with E-state index in [0.717, 1.165) is 0 Å². The van der Waals surface area contributed by atoms with Gasteiger partial charge in [-0.3, -0.25) is 9.59 Å². The molecule has 1 heterocycles. The highest BCUT2D eigenvalue weighted by Gasteiger charge is 2.26. The topological polar surface area (TPSA) is 84.7 Å². The lowest BCUT2D eigenvalue weighted by Gasteiger charge is -2.30. The Morgan fingerprint density at radius 1 is 1.21 bits per heavy atom. The molecule has 0 saturated carbocycles. The number of carbonyl (C=O) groups is 2. The fraction of sp³-hybridized carbons (Fsp3) is 0.833. The molecule has 19 heavy (non-hydrogen) atoms. The molecule has 0 spiro atoms. The summed E-state index contributed by atoms with van der Waals surface area (Å²) >= 11 is 0. The molecule has 6 nitrogen and oxygen atoms in total. The van der Waals surface area contributed by atoms with Crippen molar-refractivity contribution in [2.24, 2.45) is 11.7 Å². The summed E-state index contributed by atoms with van der Waals surface area (Å²) in [6.45, 7) is 7.69. The van der Waals surface area contributed by atoms with E-state index < -0.39 is 12.1 Å². The average molecular weight is 294 g/mol. The third kappa shape index (κ3) is 5.34. The monoisotopic (exact) mass is 293 g/mol. The molecule has 1 aliphatic heterocycles. The highest BCUT2D eigenvalue weighted by Crippen LogP contribution is 2.02. The van der Waals surface area contributed by atoms with E-state index in [1.807, 2.05) is 13.8 Å². The maximum Gasteiger partial charge on any atom is 0.245 e. The van der Waals surface area contributed by atoms with Gasteiger partial charge in [-0.05, 0) is 12.8 Å². The van der Waals surface area contributed by atoms with E-state index in [1.54, 1.807) is 11.8 Å². The molecule has 0 aromatic rings. The zero-order valence-electron chi connectivity index (χ0n) is 11.7. The van der Waals surface area contributed by atoms with Crippen molar-refractivity contribution in [1.29, 1.82) is 0 Å². The summed E-state index contributed by atoms with van der Waals surface area (Å²) in [7, 11) is 0. The molecule has 3 N–H and O–H groups in total. The fourth-order valence-electron chi connectivity index (χ4n) is 1.73. The Morgan fingerprint density at radius 2 is 1.74 bits per heavy atom. The van der Waals surface area contributed by atoms with Gasteiger partial charge < -0.3 is 20.7 Å². The molecule has 112 valence electrons. The van der Waals surface area contributed by atoms with E-state index in [9.17, 15) is 9.59 Å². The standard InChI is InChI=1S/C12H23N3O3.ClH/c1-8(2)10(13)11(16)14-9(3)12(17)15-4-6-18-7-5-15;/h8-10H,4-7,13H2,1-3H3,(H,14,16);1H/t9?,10-;/m0./s1. The summed E-state index contributed by atoms with van der Waals surface area (Å²) in [5.74, 6) is -0.308. The molecule has 1 rings (SSSR count). The summed E-state index contributed by atoms with van der Waals surface area (Å²) in [5.41, 5.74) is 5.73. The second kappa shape index (κ2) is 8.35. The van der Waals surface area contributed by atoms with Gasteiger partial charge in [-0.1, -0.05) is 13.8 Å². The zero-order chi connectivity index (χ0) is 13.7. The fourth-order valence-corrected chi connectivity index (χ4v) is 1.73. The van der Waals surface area contributed by atoms with Crippen LogP contribution in [0.5, 0.6) is 0 Å². The SMILES string of the molecule is CC(NC(=O)[C@@H](N)C(C)C)C(=O)N1CCOCC1.Cl. The van der Waals surface area contributed by atoms with Crippen molar-refractivity contribution in [2.45, 2.75) is 32.9 Å². The molecule has 1 unspecified atom stereocenters. The molecule has 1 saturated heterocycles. The number of halogens is 1. The molecular formula is C12H24ClN3O3. The van der Waals surface area contributed by atoms with Crippen LogP contribution < -0.4 is 11.1 Å². The largest absolute Gasteiger partial charge is 0.378 e. The predicted molar refractivity (Wildman–Crippen MR) is 75.1 cm³/mol. The minimum absolute atomic E-state index is 0. The minimum Gasteiger partial charge on any atom is -0.378 e. The van der Waals surface area contributed by atoms with Gasteiger partial charge >= 0.3 is 0 Å². The van der Waals surface area contributed by atoms with Gasteiger partial charge in [0.1, 0.15) is 6.04 Å². The number of ether oxygens (including phenoxy) is 1. The number of rotatable bonds is 4. The molecular weight excluding hydrogens is 270 g/mol. The van der Waals surface area contributed by atoms with Crippen LogP contribution in [0.15, 0.2) is 0 Å². The molecule has 0 bridgehead atoms. The number of hydrogen-bond donors (Lipinski definition) is 2. The molecule has 0 aromatic heterocycles. The van der Waals surface area contributed by atoms with Crippen LogP contribution >= 0.6 is 12.4 Å². The zero-order valence-corrected chi connectivity index (χ0v) is 12.5. The van der Waals surface area contributed by atoms with Crippen LogP contribution in [0.25, 0.3) is 0 Å². The van der Waals surface area contributed by atoms with Gasteiger partial charge in [-0.2, -0.15) is 0 Å². The van der Waals surface area contributed by atoms with Gasteiger partial charge in [-0.15, -0.1) is 12.4 Å². The van der Waals surface area contributed by atoms with Gasteiger partial charge in [0.15, 0.2) is 0 Å². The van der Waals surface area contributed by atoms with Crippen molar-refractivity contribution < 1.29 is 14.3 Å². The highest BCUT2D eigenvalue weighted by atomic mass is 35.5. The number of nitrogens with two attached hydrogens (primary N) is 1. The Balaban J connectivity index is 0.00000324. The van der Waals surface area contributed by atoms with Gasteiger partial charge in [0.25, 0.3) is 0 Å². The van der Waals surface area contributed by atoms with E-state index in [-0.39, 0.29) is 30.1 Å². The van der Waals surface area contributed by atoms with Crippen LogP contribution in [-0.2, 0) is 14.3 Å². The van der Waals surface area contributed by atoms with Gasteiger partial charge in [0.05, 0.1) is 19.3 Å². The molecule has 2 amide bonds.